The highest BCUT2D eigenvalue weighted by Gasteiger charge is 2.25. The van der Waals surface area contributed by atoms with Crippen LogP contribution in [0.1, 0.15) is 21.3 Å². The van der Waals surface area contributed by atoms with Gasteiger partial charge in [0.25, 0.3) is 0 Å². The van der Waals surface area contributed by atoms with Gasteiger partial charge in [0.2, 0.25) is 0 Å². The third-order valence-electron chi connectivity index (χ3n) is 4.08. The number of nitrogens with one attached hydrogen (secondary N) is 1. The molecule has 2 nitrogen and oxygen atoms in total. The molecule has 3 aromatic rings. The van der Waals surface area contributed by atoms with E-state index in [9.17, 15) is 4.79 Å². The average molecular weight is 352 g/mol. The van der Waals surface area contributed by atoms with Crippen LogP contribution in [0.25, 0.3) is 11.1 Å². The lowest BCUT2D eigenvalue weighted by Gasteiger charge is -2.13. The molecule has 0 saturated heterocycles. The Bertz CT molecular complexity index is 911. The molecule has 4 heteroatoms. The summed E-state index contributed by atoms with van der Waals surface area (Å²) >= 11 is 7.81. The second-order valence-corrected chi connectivity index (χ2v) is 7.16. The summed E-state index contributed by atoms with van der Waals surface area (Å²) in [7, 11) is 0. The van der Waals surface area contributed by atoms with Crippen molar-refractivity contribution in [1.29, 1.82) is 0 Å². The molecule has 24 heavy (non-hydrogen) atoms. The van der Waals surface area contributed by atoms with Gasteiger partial charge in [-0.1, -0.05) is 71.9 Å². The molecule has 0 spiro atoms. The van der Waals surface area contributed by atoms with Gasteiger partial charge in [-0.15, -0.1) is 0 Å². The lowest BCUT2D eigenvalue weighted by molar-refractivity contribution is 0.112. The summed E-state index contributed by atoms with van der Waals surface area (Å²) in [6.45, 7) is 0. The number of anilines is 1. The van der Waals surface area contributed by atoms with E-state index >= 15 is 0 Å². The molecule has 1 unspecified atom stereocenters. The number of hydrogen-bond donors (Lipinski definition) is 1. The Balaban J connectivity index is 1.78. The number of hydrogen-bond acceptors (Lipinski definition) is 3. The molecule has 1 aliphatic rings. The smallest absolute Gasteiger partial charge is 0.150 e. The molecule has 0 fully saturated rings. The van der Waals surface area contributed by atoms with Crippen molar-refractivity contribution < 1.29 is 4.79 Å². The van der Waals surface area contributed by atoms with Crippen LogP contribution in [-0.2, 0) is 0 Å². The molecule has 118 valence electrons. The van der Waals surface area contributed by atoms with Crippen LogP contribution in [0.5, 0.6) is 0 Å². The van der Waals surface area contributed by atoms with Gasteiger partial charge >= 0.3 is 0 Å². The Kier molecular flexibility index (Phi) is 4.05. The van der Waals surface area contributed by atoms with Gasteiger partial charge < -0.3 is 5.32 Å². The molecule has 0 amide bonds. The Labute approximate surface area is 149 Å². The highest BCUT2D eigenvalue weighted by molar-refractivity contribution is 8.00. The predicted octanol–water partition coefficient (Wildman–Crippen LogP) is 6.04. The molecular weight excluding hydrogens is 338 g/mol. The Morgan fingerprint density at radius 2 is 1.79 bits per heavy atom. The highest BCUT2D eigenvalue weighted by Crippen LogP contribution is 2.50. The summed E-state index contributed by atoms with van der Waals surface area (Å²) in [5.41, 5.74) is 4.83. The molecule has 1 aliphatic heterocycles. The molecule has 3 aromatic carbocycles. The second-order valence-electron chi connectivity index (χ2n) is 5.58. The predicted molar refractivity (Wildman–Crippen MR) is 101 cm³/mol. The second kappa shape index (κ2) is 6.34. The molecule has 1 N–H and O–H groups in total. The first-order valence-electron chi connectivity index (χ1n) is 7.62. The van der Waals surface area contributed by atoms with Gasteiger partial charge in [-0.2, -0.15) is 0 Å². The van der Waals surface area contributed by atoms with Crippen LogP contribution in [0.4, 0.5) is 5.69 Å². The molecule has 1 heterocycles. The zero-order chi connectivity index (χ0) is 16.5. The summed E-state index contributed by atoms with van der Waals surface area (Å²) in [5, 5.41) is 4.34. The molecular formula is C20H14ClNOS. The zero-order valence-electron chi connectivity index (χ0n) is 12.7. The third kappa shape index (κ3) is 2.70. The number of para-hydroxylation sites is 1. The van der Waals surface area contributed by atoms with E-state index in [2.05, 4.69) is 23.5 Å². The Morgan fingerprint density at radius 3 is 2.58 bits per heavy atom. The normalized spacial score (nSPS) is 15.6. The van der Waals surface area contributed by atoms with Gasteiger partial charge in [0.05, 0.1) is 5.69 Å². The fraction of sp³-hybridized carbons (Fsp3) is 0.0500. The summed E-state index contributed by atoms with van der Waals surface area (Å²) in [6, 6.07) is 22.0. The van der Waals surface area contributed by atoms with Crippen molar-refractivity contribution in [3.63, 3.8) is 0 Å². The van der Waals surface area contributed by atoms with Crippen molar-refractivity contribution in [3.8, 4) is 11.1 Å². The monoisotopic (exact) mass is 351 g/mol. The number of carbonyl (C=O) groups is 1. The first-order chi connectivity index (χ1) is 11.8. The van der Waals surface area contributed by atoms with Crippen LogP contribution in [0.3, 0.4) is 0 Å². The van der Waals surface area contributed by atoms with E-state index in [1.165, 1.54) is 10.5 Å². The zero-order valence-corrected chi connectivity index (χ0v) is 14.3. The van der Waals surface area contributed by atoms with Crippen LogP contribution in [0.2, 0.25) is 5.02 Å². The van der Waals surface area contributed by atoms with Gasteiger partial charge in [0, 0.05) is 21.0 Å². The maximum Gasteiger partial charge on any atom is 0.150 e. The lowest BCUT2D eigenvalue weighted by atomic mass is 9.98. The van der Waals surface area contributed by atoms with Crippen LogP contribution in [0, 0.1) is 0 Å². The van der Waals surface area contributed by atoms with Crippen LogP contribution < -0.4 is 5.32 Å². The lowest BCUT2D eigenvalue weighted by Crippen LogP contribution is -2.02. The van der Waals surface area contributed by atoms with E-state index < -0.39 is 0 Å². The first kappa shape index (κ1) is 15.3. The quantitative estimate of drug-likeness (QED) is 0.583. The molecule has 0 radical (unpaired) electrons. The molecule has 0 aromatic heterocycles. The largest absolute Gasteiger partial charge is 0.368 e. The van der Waals surface area contributed by atoms with Crippen molar-refractivity contribution in [3.05, 3.63) is 82.9 Å². The minimum absolute atomic E-state index is 0.175. The molecule has 0 aliphatic carbocycles. The van der Waals surface area contributed by atoms with Crippen molar-refractivity contribution in [1.82, 2.24) is 0 Å². The maximum absolute atomic E-state index is 11.5. The summed E-state index contributed by atoms with van der Waals surface area (Å²) in [5.74, 6) is 0. The number of thioether (sulfide) groups is 1. The van der Waals surface area contributed by atoms with E-state index in [0.717, 1.165) is 23.1 Å². The van der Waals surface area contributed by atoms with Gasteiger partial charge in [0.15, 0.2) is 6.29 Å². The van der Waals surface area contributed by atoms with E-state index in [1.807, 2.05) is 42.5 Å². The molecule has 0 bridgehead atoms. The van der Waals surface area contributed by atoms with Crippen LogP contribution in [0.15, 0.2) is 71.6 Å². The van der Waals surface area contributed by atoms with Gasteiger partial charge in [-0.3, -0.25) is 4.79 Å². The van der Waals surface area contributed by atoms with E-state index in [4.69, 9.17) is 11.6 Å². The standard InChI is InChI=1S/C20H14ClNOS/c21-15-9-10-16(14(11-15)12-23)17-7-4-8-18-19(17)22-20(24-18)13-5-2-1-3-6-13/h1-12,20,22H. The van der Waals surface area contributed by atoms with E-state index in [0.29, 0.717) is 10.6 Å². The molecule has 0 saturated carbocycles. The minimum Gasteiger partial charge on any atom is -0.368 e. The number of aldehydes is 1. The van der Waals surface area contributed by atoms with Crippen LogP contribution in [-0.4, -0.2) is 6.29 Å². The van der Waals surface area contributed by atoms with E-state index in [1.54, 1.807) is 17.8 Å². The van der Waals surface area contributed by atoms with Gasteiger partial charge in [-0.25, -0.2) is 0 Å². The topological polar surface area (TPSA) is 29.1 Å². The van der Waals surface area contributed by atoms with Crippen LogP contribution >= 0.6 is 23.4 Å². The maximum atomic E-state index is 11.5. The van der Waals surface area contributed by atoms with E-state index in [-0.39, 0.29) is 5.37 Å². The minimum atomic E-state index is 0.175. The highest BCUT2D eigenvalue weighted by atomic mass is 35.5. The van der Waals surface area contributed by atoms with Crippen molar-refractivity contribution in [2.75, 3.05) is 5.32 Å². The molecule has 4 rings (SSSR count). The van der Waals surface area contributed by atoms with Gasteiger partial charge in [0.1, 0.15) is 5.37 Å². The summed E-state index contributed by atoms with van der Waals surface area (Å²) in [6.07, 6.45) is 0.859. The van der Waals surface area contributed by atoms with Gasteiger partial charge in [-0.05, 0) is 29.3 Å². The third-order valence-corrected chi connectivity index (χ3v) is 5.53. The number of carbonyl (C=O) groups excluding carboxylic acids is 1. The summed E-state index contributed by atoms with van der Waals surface area (Å²) in [4.78, 5) is 12.6. The van der Waals surface area contributed by atoms with Crippen molar-refractivity contribution in [2.45, 2.75) is 10.3 Å². The first-order valence-corrected chi connectivity index (χ1v) is 8.88. The average Bonchev–Trinajstić information content (AvgIpc) is 3.07. The SMILES string of the molecule is O=Cc1cc(Cl)ccc1-c1cccc2c1NC(c1ccccc1)S2. The number of rotatable bonds is 3. The number of fused-ring (bicyclic) bond motifs is 1. The number of halogens is 1. The Morgan fingerprint density at radius 1 is 0.958 bits per heavy atom. The fourth-order valence-electron chi connectivity index (χ4n) is 2.95. The Hall–Kier alpha value is -2.23. The fourth-order valence-corrected chi connectivity index (χ4v) is 4.29. The number of benzene rings is 3. The van der Waals surface area contributed by atoms with Crippen molar-refractivity contribution >= 4 is 35.3 Å². The molecule has 1 atom stereocenters. The van der Waals surface area contributed by atoms with Crippen molar-refractivity contribution in [2.24, 2.45) is 0 Å². The summed E-state index contributed by atoms with van der Waals surface area (Å²) < 4.78 is 0.